The van der Waals surface area contributed by atoms with Crippen LogP contribution in [0.3, 0.4) is 0 Å². The van der Waals surface area contributed by atoms with Crippen LogP contribution in [0.4, 0.5) is 0 Å². The molecular weight excluding hydrogens is 148 g/mol. The molecule has 0 aromatic heterocycles. The minimum Gasteiger partial charge on any atom is -0.392 e. The van der Waals surface area contributed by atoms with E-state index < -0.39 is 0 Å². The van der Waals surface area contributed by atoms with Gasteiger partial charge in [-0.05, 0) is 49.4 Å². The molecular formula is C11H18O. The van der Waals surface area contributed by atoms with Crippen LogP contribution in [0.2, 0.25) is 0 Å². The first-order valence-corrected chi connectivity index (χ1v) is 5.51. The minimum atomic E-state index is 0.0859. The van der Waals surface area contributed by atoms with Gasteiger partial charge in [0.2, 0.25) is 0 Å². The maximum Gasteiger partial charge on any atom is 0.0627 e. The van der Waals surface area contributed by atoms with E-state index in [1.54, 1.807) is 0 Å². The lowest BCUT2D eigenvalue weighted by Crippen LogP contribution is -2.35. The van der Waals surface area contributed by atoms with E-state index in [1.807, 2.05) is 0 Å². The fraction of sp³-hybridized carbons (Fsp3) is 1.00. The van der Waals surface area contributed by atoms with Gasteiger partial charge in [0.15, 0.2) is 0 Å². The minimum absolute atomic E-state index is 0.0859. The first-order chi connectivity index (χ1) is 5.83. The van der Waals surface area contributed by atoms with Crippen molar-refractivity contribution in [3.63, 3.8) is 0 Å². The van der Waals surface area contributed by atoms with Crippen molar-refractivity contribution in [2.24, 2.45) is 17.3 Å². The van der Waals surface area contributed by atoms with Gasteiger partial charge in [0.05, 0.1) is 6.10 Å². The van der Waals surface area contributed by atoms with Crippen LogP contribution in [0.15, 0.2) is 0 Å². The van der Waals surface area contributed by atoms with Crippen LogP contribution >= 0.6 is 0 Å². The maximum absolute atomic E-state index is 10.1. The Balaban J connectivity index is 1.95. The van der Waals surface area contributed by atoms with Gasteiger partial charge in [-0.2, -0.15) is 0 Å². The SMILES string of the molecule is O[C@H]1[C@H]2CC[C@@]13CCCC[C@H]3C2. The highest BCUT2D eigenvalue weighted by Crippen LogP contribution is 2.63. The van der Waals surface area contributed by atoms with Crippen LogP contribution in [0.1, 0.15) is 44.9 Å². The summed E-state index contributed by atoms with van der Waals surface area (Å²) in [7, 11) is 0. The average molecular weight is 166 g/mol. The van der Waals surface area contributed by atoms with Gasteiger partial charge in [0.25, 0.3) is 0 Å². The molecule has 3 fully saturated rings. The molecule has 3 saturated carbocycles. The molecule has 1 spiro atoms. The van der Waals surface area contributed by atoms with Crippen molar-refractivity contribution < 1.29 is 5.11 Å². The Labute approximate surface area is 74.2 Å². The highest BCUT2D eigenvalue weighted by atomic mass is 16.3. The molecule has 0 aromatic rings. The smallest absolute Gasteiger partial charge is 0.0627 e. The van der Waals surface area contributed by atoms with Crippen LogP contribution in [-0.4, -0.2) is 11.2 Å². The first kappa shape index (κ1) is 7.37. The van der Waals surface area contributed by atoms with Crippen molar-refractivity contribution in [3.05, 3.63) is 0 Å². The standard InChI is InChI=1S/C11H18O/c12-10-8-4-6-11(10)5-2-1-3-9(11)7-8/h8-10,12H,1-7H2/t8-,9-,10-,11+/m0/s1. The third-order valence-corrected chi connectivity index (χ3v) is 4.86. The summed E-state index contributed by atoms with van der Waals surface area (Å²) in [6, 6.07) is 0. The van der Waals surface area contributed by atoms with E-state index in [0.717, 1.165) is 5.92 Å². The number of hydrogen-bond donors (Lipinski definition) is 1. The number of fused-ring (bicyclic) bond motifs is 1. The van der Waals surface area contributed by atoms with Crippen molar-refractivity contribution in [1.82, 2.24) is 0 Å². The van der Waals surface area contributed by atoms with Gasteiger partial charge in [-0.3, -0.25) is 0 Å². The van der Waals surface area contributed by atoms with Gasteiger partial charge < -0.3 is 5.11 Å². The van der Waals surface area contributed by atoms with Crippen LogP contribution < -0.4 is 0 Å². The largest absolute Gasteiger partial charge is 0.392 e. The summed E-state index contributed by atoms with van der Waals surface area (Å²) in [4.78, 5) is 0. The van der Waals surface area contributed by atoms with E-state index in [9.17, 15) is 5.11 Å². The van der Waals surface area contributed by atoms with Crippen molar-refractivity contribution in [3.8, 4) is 0 Å². The Bertz CT molecular complexity index is 201. The van der Waals surface area contributed by atoms with Gasteiger partial charge in [0.1, 0.15) is 0 Å². The van der Waals surface area contributed by atoms with Crippen LogP contribution in [0, 0.1) is 17.3 Å². The molecule has 0 unspecified atom stereocenters. The molecule has 0 aliphatic heterocycles. The lowest BCUT2D eigenvalue weighted by Gasteiger charge is -2.40. The molecule has 12 heavy (non-hydrogen) atoms. The van der Waals surface area contributed by atoms with Gasteiger partial charge in [0, 0.05) is 0 Å². The predicted octanol–water partition coefficient (Wildman–Crippen LogP) is 2.34. The quantitative estimate of drug-likeness (QED) is 0.585. The average Bonchev–Trinajstić information content (AvgIpc) is 2.56. The maximum atomic E-state index is 10.1. The van der Waals surface area contributed by atoms with E-state index in [0.29, 0.717) is 11.3 Å². The van der Waals surface area contributed by atoms with E-state index in [-0.39, 0.29) is 6.10 Å². The van der Waals surface area contributed by atoms with Crippen molar-refractivity contribution >= 4 is 0 Å². The first-order valence-electron chi connectivity index (χ1n) is 5.51. The Morgan fingerprint density at radius 1 is 1.08 bits per heavy atom. The summed E-state index contributed by atoms with van der Waals surface area (Å²) in [6.45, 7) is 0. The second kappa shape index (κ2) is 2.25. The molecule has 4 atom stereocenters. The second-order valence-electron chi connectivity index (χ2n) is 5.16. The molecule has 0 saturated heterocycles. The molecule has 68 valence electrons. The second-order valence-corrected chi connectivity index (χ2v) is 5.16. The molecule has 0 radical (unpaired) electrons. The number of aliphatic hydroxyl groups is 1. The summed E-state index contributed by atoms with van der Waals surface area (Å²) >= 11 is 0. The zero-order valence-corrected chi connectivity index (χ0v) is 7.63. The zero-order valence-electron chi connectivity index (χ0n) is 7.63. The number of aliphatic hydroxyl groups excluding tert-OH is 1. The molecule has 0 amide bonds. The summed E-state index contributed by atoms with van der Waals surface area (Å²) in [6.07, 6.45) is 9.62. The topological polar surface area (TPSA) is 20.2 Å². The third kappa shape index (κ3) is 0.693. The van der Waals surface area contributed by atoms with Crippen LogP contribution in [0.5, 0.6) is 0 Å². The lowest BCUT2D eigenvalue weighted by atomic mass is 9.66. The summed E-state index contributed by atoms with van der Waals surface area (Å²) in [5, 5.41) is 10.1. The highest BCUT2D eigenvalue weighted by molar-refractivity contribution is 5.08. The Hall–Kier alpha value is -0.0400. The molecule has 1 nitrogen and oxygen atoms in total. The summed E-state index contributed by atoms with van der Waals surface area (Å²) < 4.78 is 0. The predicted molar refractivity (Wildman–Crippen MR) is 47.7 cm³/mol. The Morgan fingerprint density at radius 3 is 2.75 bits per heavy atom. The molecule has 1 heteroatoms. The fourth-order valence-electron chi connectivity index (χ4n) is 4.25. The van der Waals surface area contributed by atoms with Gasteiger partial charge in [-0.15, -0.1) is 0 Å². The molecule has 0 aromatic carbocycles. The number of hydrogen-bond acceptors (Lipinski definition) is 1. The van der Waals surface area contributed by atoms with Crippen molar-refractivity contribution in [1.29, 1.82) is 0 Å². The Kier molecular flexibility index (Phi) is 1.39. The van der Waals surface area contributed by atoms with E-state index in [4.69, 9.17) is 0 Å². The van der Waals surface area contributed by atoms with Crippen LogP contribution in [-0.2, 0) is 0 Å². The number of rotatable bonds is 0. The van der Waals surface area contributed by atoms with Crippen molar-refractivity contribution in [2.45, 2.75) is 51.0 Å². The van der Waals surface area contributed by atoms with E-state index in [2.05, 4.69) is 0 Å². The summed E-state index contributed by atoms with van der Waals surface area (Å²) in [5.41, 5.74) is 0.420. The monoisotopic (exact) mass is 166 g/mol. The van der Waals surface area contributed by atoms with E-state index in [1.165, 1.54) is 44.9 Å². The normalized spacial score (nSPS) is 57.2. The molecule has 2 bridgehead atoms. The van der Waals surface area contributed by atoms with Crippen LogP contribution in [0.25, 0.3) is 0 Å². The molecule has 3 aliphatic rings. The summed E-state index contributed by atoms with van der Waals surface area (Å²) in [5.74, 6) is 1.59. The van der Waals surface area contributed by atoms with Gasteiger partial charge >= 0.3 is 0 Å². The third-order valence-electron chi connectivity index (χ3n) is 4.86. The van der Waals surface area contributed by atoms with E-state index >= 15 is 0 Å². The zero-order chi connectivity index (χ0) is 8.18. The van der Waals surface area contributed by atoms with Gasteiger partial charge in [-0.25, -0.2) is 0 Å². The molecule has 3 rings (SSSR count). The fourth-order valence-corrected chi connectivity index (χ4v) is 4.25. The van der Waals surface area contributed by atoms with Gasteiger partial charge in [-0.1, -0.05) is 12.8 Å². The highest BCUT2D eigenvalue weighted by Gasteiger charge is 2.58. The Morgan fingerprint density at radius 2 is 2.00 bits per heavy atom. The lowest BCUT2D eigenvalue weighted by molar-refractivity contribution is 0.0109. The molecule has 3 aliphatic carbocycles. The van der Waals surface area contributed by atoms with Crippen molar-refractivity contribution in [2.75, 3.05) is 0 Å². The molecule has 0 heterocycles. The molecule has 1 N–H and O–H groups in total.